The maximum absolute atomic E-state index is 5.76. The molecule has 0 bridgehead atoms. The molecule has 0 unspecified atom stereocenters. The average Bonchev–Trinajstić information content (AvgIpc) is 2.42. The molecule has 0 saturated carbocycles. The highest BCUT2D eigenvalue weighted by atomic mass is 79.9. The Bertz CT molecular complexity index is 579. The van der Waals surface area contributed by atoms with Gasteiger partial charge >= 0.3 is 0 Å². The number of hydrogen-bond acceptors (Lipinski definition) is 3. The molecular weight excluding hydrogens is 292 g/mol. The molecular formula is C13H11BrN4. The van der Waals surface area contributed by atoms with Crippen molar-refractivity contribution in [3.8, 4) is 0 Å². The van der Waals surface area contributed by atoms with Crippen molar-refractivity contribution in [1.29, 1.82) is 0 Å². The fourth-order valence-electron chi connectivity index (χ4n) is 1.30. The van der Waals surface area contributed by atoms with Gasteiger partial charge in [-0.15, -0.1) is 5.10 Å². The number of hydrogen-bond donors (Lipinski definition) is 1. The summed E-state index contributed by atoms with van der Waals surface area (Å²) in [5.41, 5.74) is 7.31. The van der Waals surface area contributed by atoms with E-state index in [1.54, 1.807) is 18.5 Å². The van der Waals surface area contributed by atoms with Gasteiger partial charge in [-0.05, 0) is 18.2 Å². The molecule has 0 spiro atoms. The smallest absolute Gasteiger partial charge is 0.171 e. The highest BCUT2D eigenvalue weighted by Crippen LogP contribution is 2.13. The second kappa shape index (κ2) is 6.07. The molecule has 90 valence electrons. The van der Waals surface area contributed by atoms with E-state index >= 15 is 0 Å². The average molecular weight is 303 g/mol. The summed E-state index contributed by atoms with van der Waals surface area (Å²) in [5.74, 6) is 0.291. The minimum atomic E-state index is 0.291. The maximum atomic E-state index is 5.76. The molecule has 0 aliphatic carbocycles. The van der Waals surface area contributed by atoms with Crippen molar-refractivity contribution in [1.82, 2.24) is 4.98 Å². The van der Waals surface area contributed by atoms with E-state index in [4.69, 9.17) is 5.73 Å². The second-order valence-corrected chi connectivity index (χ2v) is 4.32. The van der Waals surface area contributed by atoms with Gasteiger partial charge in [0.25, 0.3) is 0 Å². The Labute approximate surface area is 113 Å². The molecule has 18 heavy (non-hydrogen) atoms. The van der Waals surface area contributed by atoms with E-state index in [2.05, 4.69) is 31.1 Å². The molecule has 0 atom stereocenters. The second-order valence-electron chi connectivity index (χ2n) is 3.47. The molecule has 2 N–H and O–H groups in total. The van der Waals surface area contributed by atoms with Crippen LogP contribution >= 0.6 is 15.9 Å². The zero-order valence-corrected chi connectivity index (χ0v) is 11.1. The minimum absolute atomic E-state index is 0.291. The van der Waals surface area contributed by atoms with Crippen LogP contribution < -0.4 is 5.73 Å². The van der Waals surface area contributed by atoms with Crippen molar-refractivity contribution in [2.24, 2.45) is 15.9 Å². The molecule has 2 rings (SSSR count). The van der Waals surface area contributed by atoms with Crippen LogP contribution in [0.2, 0.25) is 0 Å². The third kappa shape index (κ3) is 3.24. The van der Waals surface area contributed by atoms with E-state index in [1.807, 2.05) is 36.4 Å². The zero-order chi connectivity index (χ0) is 12.8. The molecule has 0 amide bonds. The van der Waals surface area contributed by atoms with Gasteiger partial charge in [-0.25, -0.2) is 0 Å². The van der Waals surface area contributed by atoms with Crippen molar-refractivity contribution in [3.05, 3.63) is 64.4 Å². The Morgan fingerprint density at radius 1 is 1.17 bits per heavy atom. The van der Waals surface area contributed by atoms with Gasteiger partial charge in [0.15, 0.2) is 5.84 Å². The van der Waals surface area contributed by atoms with Crippen molar-refractivity contribution >= 4 is 28.0 Å². The third-order valence-electron chi connectivity index (χ3n) is 2.19. The van der Waals surface area contributed by atoms with E-state index in [-0.39, 0.29) is 0 Å². The molecule has 0 radical (unpaired) electrons. The van der Waals surface area contributed by atoms with Crippen LogP contribution in [0.4, 0.5) is 0 Å². The van der Waals surface area contributed by atoms with Crippen LogP contribution in [0.15, 0.2) is 63.3 Å². The molecule has 1 heterocycles. The summed E-state index contributed by atoms with van der Waals surface area (Å²) in [6.45, 7) is 0. The fourth-order valence-corrected chi connectivity index (χ4v) is 1.69. The van der Waals surface area contributed by atoms with Crippen LogP contribution in [0.25, 0.3) is 0 Å². The van der Waals surface area contributed by atoms with Gasteiger partial charge in [-0.1, -0.05) is 40.2 Å². The Kier molecular flexibility index (Phi) is 4.20. The molecule has 0 aliphatic heterocycles. The molecule has 1 aromatic carbocycles. The summed E-state index contributed by atoms with van der Waals surface area (Å²) >= 11 is 3.43. The Hall–Kier alpha value is -2.01. The van der Waals surface area contributed by atoms with Crippen LogP contribution in [-0.4, -0.2) is 17.0 Å². The standard InChI is InChI=1S/C13H11BrN4/c14-11-6-2-1-5-10(11)9-17-18-13(15)12-7-3-4-8-16-12/h1-9H,(H2,15,18). The van der Waals surface area contributed by atoms with Crippen molar-refractivity contribution in [3.63, 3.8) is 0 Å². The van der Waals surface area contributed by atoms with E-state index in [9.17, 15) is 0 Å². The van der Waals surface area contributed by atoms with E-state index in [0.717, 1.165) is 10.0 Å². The zero-order valence-electron chi connectivity index (χ0n) is 9.49. The van der Waals surface area contributed by atoms with Crippen molar-refractivity contribution in [2.45, 2.75) is 0 Å². The first-order chi connectivity index (χ1) is 8.77. The van der Waals surface area contributed by atoms with Gasteiger partial charge in [0.2, 0.25) is 0 Å². The van der Waals surface area contributed by atoms with Crippen LogP contribution in [0.5, 0.6) is 0 Å². The molecule has 2 aromatic rings. The lowest BCUT2D eigenvalue weighted by Gasteiger charge is -1.96. The van der Waals surface area contributed by atoms with Gasteiger partial charge < -0.3 is 5.73 Å². The molecule has 4 nitrogen and oxygen atoms in total. The summed E-state index contributed by atoms with van der Waals surface area (Å²) < 4.78 is 0.959. The molecule has 5 heteroatoms. The Morgan fingerprint density at radius 3 is 2.67 bits per heavy atom. The third-order valence-corrected chi connectivity index (χ3v) is 2.92. The summed E-state index contributed by atoms with van der Waals surface area (Å²) in [4.78, 5) is 4.08. The number of nitrogens with zero attached hydrogens (tertiary/aromatic N) is 3. The first-order valence-electron chi connectivity index (χ1n) is 5.30. The summed E-state index contributed by atoms with van der Waals surface area (Å²) in [6.07, 6.45) is 3.30. The Balaban J connectivity index is 2.14. The van der Waals surface area contributed by atoms with E-state index in [1.165, 1.54) is 0 Å². The summed E-state index contributed by atoms with van der Waals surface area (Å²) in [5, 5.41) is 7.86. The fraction of sp³-hybridized carbons (Fsp3) is 0. The monoisotopic (exact) mass is 302 g/mol. The molecule has 1 aromatic heterocycles. The first-order valence-corrected chi connectivity index (χ1v) is 6.09. The number of rotatable bonds is 3. The van der Waals surface area contributed by atoms with Crippen LogP contribution in [-0.2, 0) is 0 Å². The van der Waals surface area contributed by atoms with Gasteiger partial charge in [-0.2, -0.15) is 5.10 Å². The lowest BCUT2D eigenvalue weighted by atomic mass is 10.2. The lowest BCUT2D eigenvalue weighted by Crippen LogP contribution is -2.14. The van der Waals surface area contributed by atoms with E-state index < -0.39 is 0 Å². The van der Waals surface area contributed by atoms with Crippen molar-refractivity contribution in [2.75, 3.05) is 0 Å². The number of amidine groups is 1. The van der Waals surface area contributed by atoms with E-state index in [0.29, 0.717) is 11.5 Å². The largest absolute Gasteiger partial charge is 0.380 e. The Morgan fingerprint density at radius 2 is 1.94 bits per heavy atom. The number of aromatic nitrogens is 1. The quantitative estimate of drug-likeness (QED) is 0.538. The van der Waals surface area contributed by atoms with Gasteiger partial charge in [0, 0.05) is 16.2 Å². The molecule has 0 aliphatic rings. The number of benzene rings is 1. The van der Waals surface area contributed by atoms with Crippen molar-refractivity contribution < 1.29 is 0 Å². The predicted octanol–water partition coefficient (Wildman–Crippen LogP) is 2.58. The number of nitrogens with two attached hydrogens (primary N) is 1. The maximum Gasteiger partial charge on any atom is 0.171 e. The summed E-state index contributed by atoms with van der Waals surface area (Å²) in [7, 11) is 0. The summed E-state index contributed by atoms with van der Waals surface area (Å²) in [6, 6.07) is 13.2. The highest BCUT2D eigenvalue weighted by Gasteiger charge is 1.97. The van der Waals surface area contributed by atoms with Gasteiger partial charge in [0.05, 0.1) is 6.21 Å². The number of halogens is 1. The first kappa shape index (κ1) is 12.4. The lowest BCUT2D eigenvalue weighted by molar-refractivity contribution is 1.19. The van der Waals surface area contributed by atoms with Crippen LogP contribution in [0.3, 0.4) is 0 Å². The number of pyridine rings is 1. The van der Waals surface area contributed by atoms with Crippen LogP contribution in [0.1, 0.15) is 11.3 Å². The topological polar surface area (TPSA) is 63.6 Å². The van der Waals surface area contributed by atoms with Crippen LogP contribution in [0, 0.1) is 0 Å². The highest BCUT2D eigenvalue weighted by molar-refractivity contribution is 9.10. The minimum Gasteiger partial charge on any atom is -0.380 e. The predicted molar refractivity (Wildman–Crippen MR) is 76.7 cm³/mol. The molecule has 0 fully saturated rings. The molecule has 0 saturated heterocycles. The van der Waals surface area contributed by atoms with Gasteiger partial charge in [-0.3, -0.25) is 4.98 Å². The normalized spacial score (nSPS) is 11.9. The SMILES string of the molecule is NC(=NN=Cc1ccccc1Br)c1ccccn1. The van der Waals surface area contributed by atoms with Gasteiger partial charge in [0.1, 0.15) is 5.69 Å².